The molecule has 1 N–H and O–H groups in total. The Bertz CT molecular complexity index is 2460. The number of rotatable bonds is 0. The molecule has 0 fully saturated rings. The number of aromatic amines is 1. The van der Waals surface area contributed by atoms with Gasteiger partial charge in [0.05, 0.1) is 21.2 Å². The van der Waals surface area contributed by atoms with Crippen molar-refractivity contribution in [1.82, 2.24) is 38.5 Å². The molecule has 42 heavy (non-hydrogen) atoms. The molecule has 2 aliphatic heterocycles. The molecule has 7 aromatic rings. The van der Waals surface area contributed by atoms with Crippen molar-refractivity contribution in [2.45, 2.75) is 0 Å². The molecule has 8 bridgehead atoms. The van der Waals surface area contributed by atoms with Crippen molar-refractivity contribution in [2.75, 3.05) is 0 Å². The van der Waals surface area contributed by atoms with E-state index < -0.39 is 0 Å². The van der Waals surface area contributed by atoms with Crippen LogP contribution < -0.4 is 0 Å². The maximum atomic E-state index is 6.75. The van der Waals surface area contributed by atoms with Crippen LogP contribution >= 0.6 is 27.7 Å². The third-order valence-corrected chi connectivity index (χ3v) is 8.61. The van der Waals surface area contributed by atoms with Crippen LogP contribution in [0.2, 0.25) is 5.02 Å². The van der Waals surface area contributed by atoms with Crippen molar-refractivity contribution >= 4 is 71.9 Å². The molecule has 9 rings (SSSR count). The lowest BCUT2D eigenvalue weighted by Crippen LogP contribution is -1.87. The van der Waals surface area contributed by atoms with E-state index >= 15 is 0 Å². The van der Waals surface area contributed by atoms with Crippen LogP contribution in [0.15, 0.2) is 91.0 Å². The van der Waals surface area contributed by atoms with Crippen molar-refractivity contribution in [3.8, 4) is 45.6 Å². The lowest BCUT2D eigenvalue weighted by atomic mass is 10.1. The van der Waals surface area contributed by atoms with Crippen LogP contribution in [0, 0.1) is 0 Å². The van der Waals surface area contributed by atoms with E-state index in [-0.39, 0.29) is 0 Å². The molecule has 3 aromatic heterocycles. The number of aromatic nitrogens is 8. The summed E-state index contributed by atoms with van der Waals surface area (Å²) in [6, 6.07) is 29.7. The van der Waals surface area contributed by atoms with Crippen molar-refractivity contribution in [3.05, 3.63) is 96.0 Å². The van der Waals surface area contributed by atoms with Gasteiger partial charge in [0.2, 0.25) is 0 Å². The normalized spacial score (nSPS) is 12.0. The summed E-state index contributed by atoms with van der Waals surface area (Å²) >= 11 is 10.5. The summed E-state index contributed by atoms with van der Waals surface area (Å²) in [4.78, 5) is 33.4. The predicted octanol–water partition coefficient (Wildman–Crippen LogP) is 8.15. The zero-order valence-corrected chi connectivity index (χ0v) is 23.9. The van der Waals surface area contributed by atoms with Gasteiger partial charge >= 0.3 is 0 Å². The summed E-state index contributed by atoms with van der Waals surface area (Å²) in [7, 11) is 0. The highest BCUT2D eigenvalue weighted by Gasteiger charge is 2.23. The van der Waals surface area contributed by atoms with Gasteiger partial charge in [0.15, 0.2) is 34.6 Å². The molecule has 10 heteroatoms. The van der Waals surface area contributed by atoms with E-state index in [2.05, 4.69) is 21.1 Å². The van der Waals surface area contributed by atoms with Gasteiger partial charge in [-0.05, 0) is 6.07 Å². The monoisotopic (exact) mass is 626 g/mol. The van der Waals surface area contributed by atoms with Gasteiger partial charge in [-0.1, -0.05) is 96.5 Å². The summed E-state index contributed by atoms with van der Waals surface area (Å²) in [5.74, 6) is 2.20. The first-order valence-electron chi connectivity index (χ1n) is 13.2. The number of nitrogens with zero attached hydrogens (tertiary/aromatic N) is 7. The Labute approximate surface area is 251 Å². The average Bonchev–Trinajstić information content (AvgIpc) is 3.72. The number of H-pyrrole nitrogens is 1. The van der Waals surface area contributed by atoms with Gasteiger partial charge in [0.1, 0.15) is 11.3 Å². The molecular formula is C32H16BrClN8. The molecular weight excluding hydrogens is 612 g/mol. The minimum absolute atomic E-state index is 0.534. The molecule has 4 aromatic carbocycles. The number of hydrogen-bond acceptors (Lipinski definition) is 6. The number of nitrogens with one attached hydrogen (secondary N) is 1. The van der Waals surface area contributed by atoms with Crippen LogP contribution in [0.3, 0.4) is 0 Å². The van der Waals surface area contributed by atoms with Gasteiger partial charge in [-0.25, -0.2) is 33.5 Å². The van der Waals surface area contributed by atoms with Gasteiger partial charge in [0, 0.05) is 43.8 Å². The van der Waals surface area contributed by atoms with E-state index in [1.807, 2.05) is 94.6 Å². The van der Waals surface area contributed by atoms with Crippen LogP contribution in [0.25, 0.3) is 89.7 Å². The summed E-state index contributed by atoms with van der Waals surface area (Å²) < 4.78 is 1.81. The zero-order valence-electron chi connectivity index (χ0n) is 21.5. The van der Waals surface area contributed by atoms with E-state index in [4.69, 9.17) is 41.5 Å². The van der Waals surface area contributed by atoms with Crippen LogP contribution in [-0.2, 0) is 0 Å². The Morgan fingerprint density at radius 2 is 0.952 bits per heavy atom. The van der Waals surface area contributed by atoms with E-state index in [0.717, 1.165) is 43.8 Å². The smallest absolute Gasteiger partial charge is 0.164 e. The quantitative estimate of drug-likeness (QED) is 0.182. The molecule has 198 valence electrons. The first-order chi connectivity index (χ1) is 20.6. The Hall–Kier alpha value is -4.99. The Balaban J connectivity index is 1.54. The van der Waals surface area contributed by atoms with E-state index in [9.17, 15) is 0 Å². The summed E-state index contributed by atoms with van der Waals surface area (Å²) in [6.45, 7) is 0. The average molecular weight is 628 g/mol. The number of benzene rings is 4. The second kappa shape index (κ2) is 8.75. The molecule has 0 saturated carbocycles. The molecule has 0 radical (unpaired) electrons. The number of hydrogen-bond donors (Lipinski definition) is 1. The Morgan fingerprint density at radius 3 is 1.50 bits per heavy atom. The molecule has 8 nitrogen and oxygen atoms in total. The minimum atomic E-state index is 0.534. The number of halogens is 2. The maximum absolute atomic E-state index is 6.75. The van der Waals surface area contributed by atoms with Crippen LogP contribution in [0.1, 0.15) is 0 Å². The van der Waals surface area contributed by atoms with Gasteiger partial charge < -0.3 is 4.98 Å². The van der Waals surface area contributed by atoms with E-state index in [0.29, 0.717) is 50.9 Å². The standard InChI is InChI=1S/C32H16BrClN8/c33-42-31-20-12-5-6-13-21(20)32(42)41-28-19-11-4-2-9-17(19)26(36-28)38-30-24-22(14-7-15-23(24)34)29(39-30)37-25-16-8-1-3-10-18(16)27(35-25)40-31/h1-15H,(H,35,36,37,38,39,40,41). The van der Waals surface area contributed by atoms with Gasteiger partial charge in [-0.15, -0.1) is 0 Å². The summed E-state index contributed by atoms with van der Waals surface area (Å²) in [6.07, 6.45) is 0. The van der Waals surface area contributed by atoms with Gasteiger partial charge in [0.25, 0.3) is 0 Å². The SMILES string of the molecule is Clc1cccc2c3nc4nc(nc5c6ccccc6c(nc6nc(nc([nH]3)c12)-c1ccccc1-6)n5Br)-c1ccccc1-4. The fraction of sp³-hybridized carbons (Fsp3) is 0. The lowest BCUT2D eigenvalue weighted by molar-refractivity contribution is 1.18. The fourth-order valence-electron chi connectivity index (χ4n) is 5.71. The molecule has 2 aliphatic rings. The second-order valence-corrected chi connectivity index (χ2v) is 11.1. The zero-order chi connectivity index (χ0) is 27.9. The second-order valence-electron chi connectivity index (χ2n) is 10.0. The highest BCUT2D eigenvalue weighted by Crippen LogP contribution is 2.38. The van der Waals surface area contributed by atoms with Crippen molar-refractivity contribution in [1.29, 1.82) is 0 Å². The highest BCUT2D eigenvalue weighted by molar-refractivity contribution is 9.08. The first kappa shape index (κ1) is 23.7. The van der Waals surface area contributed by atoms with Crippen molar-refractivity contribution in [3.63, 3.8) is 0 Å². The minimum Gasteiger partial charge on any atom is -0.324 e. The van der Waals surface area contributed by atoms with Gasteiger partial charge in [-0.3, -0.25) is 0 Å². The van der Waals surface area contributed by atoms with Crippen LogP contribution in [0.4, 0.5) is 0 Å². The third-order valence-electron chi connectivity index (χ3n) is 7.62. The molecule has 0 unspecified atom stereocenters. The predicted molar refractivity (Wildman–Crippen MR) is 169 cm³/mol. The largest absolute Gasteiger partial charge is 0.324 e. The van der Waals surface area contributed by atoms with Crippen LogP contribution in [-0.4, -0.2) is 38.5 Å². The topological polar surface area (TPSA) is 98.1 Å². The maximum Gasteiger partial charge on any atom is 0.164 e. The highest BCUT2D eigenvalue weighted by atomic mass is 79.9. The first-order valence-corrected chi connectivity index (χ1v) is 14.3. The van der Waals surface area contributed by atoms with E-state index in [1.54, 1.807) is 0 Å². The van der Waals surface area contributed by atoms with Crippen molar-refractivity contribution < 1.29 is 0 Å². The molecule has 0 amide bonds. The van der Waals surface area contributed by atoms with Crippen LogP contribution in [0.5, 0.6) is 0 Å². The third kappa shape index (κ3) is 3.35. The molecule has 0 saturated heterocycles. The van der Waals surface area contributed by atoms with E-state index in [1.165, 1.54) is 0 Å². The summed E-state index contributed by atoms with van der Waals surface area (Å²) in [5, 5.41) is 4.02. The molecule has 0 aliphatic carbocycles. The van der Waals surface area contributed by atoms with Crippen molar-refractivity contribution in [2.24, 2.45) is 0 Å². The number of fused-ring (bicyclic) bond motifs is 20. The molecule has 5 heterocycles. The Morgan fingerprint density at radius 1 is 0.500 bits per heavy atom. The molecule has 0 atom stereocenters. The molecule has 0 spiro atoms. The fourth-order valence-corrected chi connectivity index (χ4v) is 6.52. The van der Waals surface area contributed by atoms with Gasteiger partial charge in [-0.2, -0.15) is 0 Å². The summed E-state index contributed by atoms with van der Waals surface area (Å²) in [5.41, 5.74) is 6.05. The Kier molecular flexibility index (Phi) is 4.94. The lowest BCUT2D eigenvalue weighted by Gasteiger charge is -1.97.